The maximum Gasteiger partial charge on any atom is 0.263 e. The Labute approximate surface area is 231 Å². The summed E-state index contributed by atoms with van der Waals surface area (Å²) in [6, 6.07) is 13.5. The zero-order valence-electron chi connectivity index (χ0n) is 23.6. The number of likely N-dealkylation sites (N-methyl/N-ethyl adjacent to an activating group) is 1. The van der Waals surface area contributed by atoms with Crippen LogP contribution < -0.4 is 10.0 Å². The molecule has 2 N–H and O–H groups in total. The van der Waals surface area contributed by atoms with E-state index in [1.807, 2.05) is 52.0 Å². The average molecular weight is 555 g/mol. The van der Waals surface area contributed by atoms with E-state index in [4.69, 9.17) is 4.52 Å². The van der Waals surface area contributed by atoms with E-state index in [1.54, 1.807) is 44.0 Å². The molecule has 210 valence electrons. The summed E-state index contributed by atoms with van der Waals surface area (Å²) in [4.78, 5) is 27.7. The van der Waals surface area contributed by atoms with Crippen molar-refractivity contribution < 1.29 is 22.5 Å². The number of carbonyl (C=O) groups excluding carboxylic acids is 2. The molecule has 0 spiro atoms. The van der Waals surface area contributed by atoms with Crippen LogP contribution in [0, 0.1) is 25.7 Å². The minimum Gasteiger partial charge on any atom is -0.359 e. The molecule has 3 rings (SSSR count). The maximum absolute atomic E-state index is 13.3. The van der Waals surface area contributed by atoms with Crippen molar-refractivity contribution in [1.82, 2.24) is 15.4 Å². The predicted octanol–water partition coefficient (Wildman–Crippen LogP) is 4.90. The number of nitrogens with one attached hydrogen (secondary N) is 2. The van der Waals surface area contributed by atoms with Crippen molar-refractivity contribution in [3.63, 3.8) is 0 Å². The van der Waals surface area contributed by atoms with E-state index >= 15 is 0 Å². The number of sulfonamides is 1. The van der Waals surface area contributed by atoms with E-state index in [1.165, 1.54) is 6.07 Å². The third-order valence-electron chi connectivity index (χ3n) is 6.57. The average Bonchev–Trinajstić information content (AvgIpc) is 3.19. The fraction of sp³-hybridized carbons (Fsp3) is 0.414. The van der Waals surface area contributed by atoms with Crippen LogP contribution >= 0.6 is 0 Å². The number of nitrogens with zero attached hydrogens (tertiary/aromatic N) is 2. The minimum absolute atomic E-state index is 0.0814. The summed E-state index contributed by atoms with van der Waals surface area (Å²) in [5.74, 6) is 0.465. The van der Waals surface area contributed by atoms with Crippen LogP contribution in [0.3, 0.4) is 0 Å². The fourth-order valence-electron chi connectivity index (χ4n) is 4.38. The molecule has 1 heterocycles. The fourth-order valence-corrected chi connectivity index (χ4v) is 5.67. The van der Waals surface area contributed by atoms with Gasteiger partial charge in [-0.2, -0.15) is 0 Å². The Balaban J connectivity index is 1.93. The van der Waals surface area contributed by atoms with E-state index in [-0.39, 0.29) is 40.9 Å². The number of carbonyl (C=O) groups is 2. The monoisotopic (exact) mass is 554 g/mol. The van der Waals surface area contributed by atoms with Crippen molar-refractivity contribution in [3.8, 4) is 11.1 Å². The van der Waals surface area contributed by atoms with E-state index < -0.39 is 16.1 Å². The quantitative estimate of drug-likeness (QED) is 0.348. The number of amides is 2. The Kier molecular flexibility index (Phi) is 9.55. The highest BCUT2D eigenvalue weighted by molar-refractivity contribution is 7.92. The molecule has 0 radical (unpaired) electrons. The number of anilines is 1. The molecule has 2 aromatic carbocycles. The van der Waals surface area contributed by atoms with Crippen molar-refractivity contribution >= 4 is 27.7 Å². The normalized spacial score (nSPS) is 12.4. The molecule has 0 aliphatic carbocycles. The zero-order chi connectivity index (χ0) is 28.9. The Morgan fingerprint density at radius 3 is 2.18 bits per heavy atom. The second-order valence-corrected chi connectivity index (χ2v) is 12.1. The number of rotatable bonds is 11. The number of aromatic nitrogens is 1. The molecule has 9 nitrogen and oxygen atoms in total. The van der Waals surface area contributed by atoms with Gasteiger partial charge in [0.25, 0.3) is 10.0 Å². The second kappa shape index (κ2) is 12.5. The van der Waals surface area contributed by atoms with E-state index in [0.29, 0.717) is 28.9 Å². The highest BCUT2D eigenvalue weighted by Gasteiger charge is 2.32. The Bertz CT molecular complexity index is 1410. The van der Waals surface area contributed by atoms with Gasteiger partial charge >= 0.3 is 0 Å². The number of aryl methyl sites for hydroxylation is 1. The van der Waals surface area contributed by atoms with Gasteiger partial charge in [0.1, 0.15) is 11.8 Å². The minimum atomic E-state index is -3.96. The Hall–Kier alpha value is -3.66. The molecule has 2 amide bonds. The van der Waals surface area contributed by atoms with Gasteiger partial charge in [-0.25, -0.2) is 8.42 Å². The molecule has 1 aromatic heterocycles. The SMILES string of the molecule is CNC(=O)[C@H](C(C)C)N(Cc1ccc(-c2ccccc2S(=O)(=O)Nc2noc(C)c2C)cc1)C(=O)CC(C)C. The molecule has 0 saturated carbocycles. The number of hydrogen-bond donors (Lipinski definition) is 2. The molecule has 10 heteroatoms. The largest absolute Gasteiger partial charge is 0.359 e. The number of hydrogen-bond acceptors (Lipinski definition) is 6. The van der Waals surface area contributed by atoms with Crippen LogP contribution in [0.2, 0.25) is 0 Å². The lowest BCUT2D eigenvalue weighted by Gasteiger charge is -2.34. The molecule has 0 unspecified atom stereocenters. The smallest absolute Gasteiger partial charge is 0.263 e. The van der Waals surface area contributed by atoms with Gasteiger partial charge < -0.3 is 14.7 Å². The molecule has 0 aliphatic rings. The topological polar surface area (TPSA) is 122 Å². The molecule has 0 fully saturated rings. The second-order valence-electron chi connectivity index (χ2n) is 10.4. The third kappa shape index (κ3) is 7.06. The van der Waals surface area contributed by atoms with Crippen molar-refractivity contribution in [1.29, 1.82) is 0 Å². The van der Waals surface area contributed by atoms with Crippen LogP contribution in [0.15, 0.2) is 57.9 Å². The Morgan fingerprint density at radius 1 is 1.00 bits per heavy atom. The predicted molar refractivity (Wildman–Crippen MR) is 151 cm³/mol. The molecule has 39 heavy (non-hydrogen) atoms. The standard InChI is InChI=1S/C29H38N4O5S/c1-18(2)16-26(34)33(27(19(3)4)29(35)30-7)17-22-12-14-23(15-13-22)24-10-8-9-11-25(24)39(36,37)32-28-20(5)21(6)38-31-28/h8-15,18-19,27H,16-17H2,1-7H3,(H,30,35)(H,31,32)/t27-/m0/s1. The summed E-state index contributed by atoms with van der Waals surface area (Å²) in [5.41, 5.74) is 2.66. The molecule has 1 atom stereocenters. The van der Waals surface area contributed by atoms with Gasteiger partial charge in [-0.3, -0.25) is 14.3 Å². The van der Waals surface area contributed by atoms with Crippen molar-refractivity contribution in [2.45, 2.75) is 65.4 Å². The Morgan fingerprint density at radius 2 is 1.64 bits per heavy atom. The first kappa shape index (κ1) is 29.9. The highest BCUT2D eigenvalue weighted by atomic mass is 32.2. The van der Waals surface area contributed by atoms with Gasteiger partial charge in [0.15, 0.2) is 5.82 Å². The molecule has 0 saturated heterocycles. The molecule has 0 aliphatic heterocycles. The van der Waals surface area contributed by atoms with Crippen LogP contribution in [0.4, 0.5) is 5.82 Å². The number of benzene rings is 2. The van der Waals surface area contributed by atoms with E-state index in [9.17, 15) is 18.0 Å². The molecule has 3 aromatic rings. The lowest BCUT2D eigenvalue weighted by Crippen LogP contribution is -2.51. The summed E-state index contributed by atoms with van der Waals surface area (Å²) in [5, 5.41) is 6.51. The first-order valence-electron chi connectivity index (χ1n) is 13.0. The first-order valence-corrected chi connectivity index (χ1v) is 14.5. The summed E-state index contributed by atoms with van der Waals surface area (Å²) < 4.78 is 34.2. The maximum atomic E-state index is 13.3. The lowest BCUT2D eigenvalue weighted by molar-refractivity contribution is -0.143. The lowest BCUT2D eigenvalue weighted by atomic mass is 9.98. The molecule has 0 bridgehead atoms. The van der Waals surface area contributed by atoms with Crippen LogP contribution in [-0.4, -0.2) is 43.4 Å². The van der Waals surface area contributed by atoms with Gasteiger partial charge in [0.2, 0.25) is 11.8 Å². The summed E-state index contributed by atoms with van der Waals surface area (Å²) >= 11 is 0. The van der Waals surface area contributed by atoms with Crippen LogP contribution in [0.5, 0.6) is 0 Å². The van der Waals surface area contributed by atoms with Crippen LogP contribution in [0.1, 0.15) is 51.0 Å². The van der Waals surface area contributed by atoms with Gasteiger partial charge in [0.05, 0.1) is 4.90 Å². The van der Waals surface area contributed by atoms with Crippen molar-refractivity contribution in [3.05, 3.63) is 65.4 Å². The van der Waals surface area contributed by atoms with Gasteiger partial charge in [-0.1, -0.05) is 75.3 Å². The summed E-state index contributed by atoms with van der Waals surface area (Å²) in [7, 11) is -2.38. The summed E-state index contributed by atoms with van der Waals surface area (Å²) in [6.07, 6.45) is 0.334. The van der Waals surface area contributed by atoms with E-state index in [2.05, 4.69) is 15.2 Å². The van der Waals surface area contributed by atoms with Crippen LogP contribution in [-0.2, 0) is 26.2 Å². The third-order valence-corrected chi connectivity index (χ3v) is 7.97. The van der Waals surface area contributed by atoms with Crippen LogP contribution in [0.25, 0.3) is 11.1 Å². The van der Waals surface area contributed by atoms with Crippen molar-refractivity contribution in [2.75, 3.05) is 11.8 Å². The summed E-state index contributed by atoms with van der Waals surface area (Å²) in [6.45, 7) is 11.5. The first-order chi connectivity index (χ1) is 18.4. The zero-order valence-corrected chi connectivity index (χ0v) is 24.4. The van der Waals surface area contributed by atoms with Crippen molar-refractivity contribution in [2.24, 2.45) is 11.8 Å². The highest BCUT2D eigenvalue weighted by Crippen LogP contribution is 2.30. The molecular weight excluding hydrogens is 516 g/mol. The van der Waals surface area contributed by atoms with Gasteiger partial charge in [-0.05, 0) is 42.9 Å². The van der Waals surface area contributed by atoms with Gasteiger partial charge in [0, 0.05) is 31.1 Å². The van der Waals surface area contributed by atoms with Gasteiger partial charge in [-0.15, -0.1) is 0 Å². The van der Waals surface area contributed by atoms with E-state index in [0.717, 1.165) is 5.56 Å². The molecular formula is C29H38N4O5S.